The molecular formula is C87H123N. The number of fused-ring (bicyclic) bond motifs is 9. The van der Waals surface area contributed by atoms with Crippen LogP contribution in [0.15, 0.2) is 127 Å². The summed E-state index contributed by atoms with van der Waals surface area (Å²) in [6, 6.07) is 52.9. The normalized spacial score (nSPS) is 14.4. The standard InChI is InChI=1S/C87H123N/c1-7-13-19-25-31-43-64-85(65-44-32-26-20-14-8-2)76-58-40-37-52-70(76)73-55-49-61-79(82(73)85)88(80-62-50-56-74-71-53-38-41-59-77(71)86(83(74)80,66-45-33-27-21-15-9-3)67-46-34-28-22-16-10-4)81-63-51-57-75-72-54-39-42-60-78(72)87(84(75)81,68-47-35-29-23-17-11-5)69-48-36-30-24-18-12-6/h37-42,49-63H,7-36,43-48,64-69H2,1-6H3. The van der Waals surface area contributed by atoms with Crippen molar-refractivity contribution < 1.29 is 0 Å². The van der Waals surface area contributed by atoms with Gasteiger partial charge in [0.05, 0.1) is 17.1 Å². The lowest BCUT2D eigenvalue weighted by molar-refractivity contribution is 0.395. The highest BCUT2D eigenvalue weighted by molar-refractivity contribution is 5.98. The Labute approximate surface area is 540 Å². The Morgan fingerprint density at radius 3 is 0.625 bits per heavy atom. The lowest BCUT2D eigenvalue weighted by Crippen LogP contribution is -2.32. The van der Waals surface area contributed by atoms with Gasteiger partial charge in [-0.1, -0.05) is 382 Å². The van der Waals surface area contributed by atoms with Gasteiger partial charge in [0.2, 0.25) is 0 Å². The van der Waals surface area contributed by atoms with Gasteiger partial charge < -0.3 is 4.90 Å². The second-order valence-electron chi connectivity index (χ2n) is 28.4. The molecule has 0 radical (unpaired) electrons. The van der Waals surface area contributed by atoms with Crippen LogP contribution in [-0.2, 0) is 16.2 Å². The first-order chi connectivity index (χ1) is 43.5. The summed E-state index contributed by atoms with van der Waals surface area (Å²) in [4.78, 5) is 3.05. The third-order valence-electron chi connectivity index (χ3n) is 22.2. The van der Waals surface area contributed by atoms with Crippen LogP contribution in [0.5, 0.6) is 0 Å². The summed E-state index contributed by atoms with van der Waals surface area (Å²) in [6.07, 6.45) is 54.8. The zero-order valence-electron chi connectivity index (χ0n) is 57.3. The number of nitrogens with zero attached hydrogens (tertiary/aromatic N) is 1. The molecule has 0 unspecified atom stereocenters. The molecule has 0 N–H and O–H groups in total. The van der Waals surface area contributed by atoms with Gasteiger partial charge >= 0.3 is 0 Å². The first-order valence-electron chi connectivity index (χ1n) is 38.0. The monoisotopic (exact) mass is 1180 g/mol. The molecule has 1 heteroatoms. The highest BCUT2D eigenvalue weighted by atomic mass is 15.2. The molecule has 0 heterocycles. The van der Waals surface area contributed by atoms with Gasteiger partial charge in [-0.25, -0.2) is 0 Å². The molecule has 476 valence electrons. The predicted molar refractivity (Wildman–Crippen MR) is 388 cm³/mol. The molecule has 0 saturated heterocycles. The van der Waals surface area contributed by atoms with Gasteiger partial charge in [0.1, 0.15) is 0 Å². The molecule has 3 aliphatic carbocycles. The van der Waals surface area contributed by atoms with Crippen LogP contribution in [-0.4, -0.2) is 0 Å². The molecule has 6 aromatic carbocycles. The molecule has 0 aromatic heterocycles. The van der Waals surface area contributed by atoms with Crippen molar-refractivity contribution in [2.45, 2.75) is 327 Å². The molecule has 0 fully saturated rings. The quantitative estimate of drug-likeness (QED) is 0.0345. The molecule has 1 nitrogen and oxygen atoms in total. The van der Waals surface area contributed by atoms with Crippen molar-refractivity contribution in [1.29, 1.82) is 0 Å². The van der Waals surface area contributed by atoms with Gasteiger partial charge in [-0.15, -0.1) is 0 Å². The van der Waals surface area contributed by atoms with Gasteiger partial charge in [-0.2, -0.15) is 0 Å². The van der Waals surface area contributed by atoms with Gasteiger partial charge in [0.25, 0.3) is 0 Å². The van der Waals surface area contributed by atoms with Crippen LogP contribution in [0.3, 0.4) is 0 Å². The lowest BCUT2D eigenvalue weighted by Gasteiger charge is -2.42. The first kappa shape index (κ1) is 67.5. The molecule has 0 bridgehead atoms. The summed E-state index contributed by atoms with van der Waals surface area (Å²) in [7, 11) is 0. The Hall–Kier alpha value is -4.88. The Kier molecular flexibility index (Phi) is 26.9. The molecule has 0 spiro atoms. The van der Waals surface area contributed by atoms with E-state index < -0.39 is 0 Å². The van der Waals surface area contributed by atoms with E-state index in [1.165, 1.54) is 320 Å². The number of anilines is 3. The molecule has 0 aliphatic heterocycles. The Morgan fingerprint density at radius 1 is 0.205 bits per heavy atom. The molecule has 9 rings (SSSR count). The minimum absolute atomic E-state index is 0.0970. The Balaban J connectivity index is 1.33. The van der Waals surface area contributed by atoms with Crippen LogP contribution >= 0.6 is 0 Å². The zero-order chi connectivity index (χ0) is 61.3. The molecule has 0 amide bonds. The van der Waals surface area contributed by atoms with E-state index >= 15 is 0 Å². The summed E-state index contributed by atoms with van der Waals surface area (Å²) in [6.45, 7) is 14.2. The van der Waals surface area contributed by atoms with Crippen molar-refractivity contribution in [3.63, 3.8) is 0 Å². The van der Waals surface area contributed by atoms with E-state index in [9.17, 15) is 0 Å². The van der Waals surface area contributed by atoms with E-state index in [1.54, 1.807) is 33.4 Å². The minimum atomic E-state index is -0.0970. The van der Waals surface area contributed by atoms with Crippen molar-refractivity contribution in [2.24, 2.45) is 0 Å². The maximum absolute atomic E-state index is 3.05. The van der Waals surface area contributed by atoms with Crippen LogP contribution in [0.4, 0.5) is 17.1 Å². The number of benzene rings is 6. The lowest BCUT2D eigenvalue weighted by atomic mass is 9.68. The summed E-state index contributed by atoms with van der Waals surface area (Å²) in [5.74, 6) is 0. The number of hydrogen-bond acceptors (Lipinski definition) is 1. The van der Waals surface area contributed by atoms with Crippen molar-refractivity contribution in [3.8, 4) is 33.4 Å². The summed E-state index contributed by atoms with van der Waals surface area (Å²) in [5.41, 5.74) is 22.8. The SMILES string of the molecule is CCCCCCCCC1(CCCCCCCC)c2ccccc2-c2cccc(N(c3cccc4c3C(CCCCCCCC)(CCCCCCCC)c3ccccc3-4)c3cccc4c3C(CCCCCCCC)(CCCCCCCC)c3ccccc3-4)c21. The van der Waals surface area contributed by atoms with E-state index in [0.29, 0.717) is 0 Å². The number of unbranched alkanes of at least 4 members (excludes halogenated alkanes) is 30. The fourth-order valence-corrected chi connectivity index (χ4v) is 17.7. The van der Waals surface area contributed by atoms with Crippen LogP contribution in [0.1, 0.15) is 345 Å². The van der Waals surface area contributed by atoms with E-state index in [0.717, 1.165) is 0 Å². The third kappa shape index (κ3) is 15.4. The highest BCUT2D eigenvalue weighted by Crippen LogP contribution is 2.65. The molecule has 0 saturated carbocycles. The number of rotatable bonds is 45. The van der Waals surface area contributed by atoms with Crippen LogP contribution in [0.25, 0.3) is 33.4 Å². The van der Waals surface area contributed by atoms with Crippen LogP contribution < -0.4 is 4.90 Å². The van der Waals surface area contributed by atoms with Crippen molar-refractivity contribution in [3.05, 3.63) is 161 Å². The van der Waals surface area contributed by atoms with Gasteiger partial charge in [-0.05, 0) is 123 Å². The maximum atomic E-state index is 3.05. The topological polar surface area (TPSA) is 3.24 Å². The van der Waals surface area contributed by atoms with Gasteiger partial charge in [-0.3, -0.25) is 0 Å². The van der Waals surface area contributed by atoms with Crippen LogP contribution in [0.2, 0.25) is 0 Å². The Morgan fingerprint density at radius 2 is 0.398 bits per heavy atom. The van der Waals surface area contributed by atoms with E-state index in [-0.39, 0.29) is 16.2 Å². The fraction of sp³-hybridized carbons (Fsp3) is 0.586. The van der Waals surface area contributed by atoms with Crippen molar-refractivity contribution in [1.82, 2.24) is 0 Å². The van der Waals surface area contributed by atoms with E-state index in [4.69, 9.17) is 0 Å². The molecule has 0 atom stereocenters. The highest BCUT2D eigenvalue weighted by Gasteiger charge is 2.50. The predicted octanol–water partition coefficient (Wildman–Crippen LogP) is 28.5. The zero-order valence-corrected chi connectivity index (χ0v) is 57.3. The fourth-order valence-electron chi connectivity index (χ4n) is 17.7. The van der Waals surface area contributed by atoms with E-state index in [2.05, 4.69) is 174 Å². The average molecular weight is 1180 g/mol. The number of hydrogen-bond donors (Lipinski definition) is 0. The van der Waals surface area contributed by atoms with Crippen molar-refractivity contribution in [2.75, 3.05) is 4.90 Å². The van der Waals surface area contributed by atoms with Gasteiger partial charge in [0.15, 0.2) is 0 Å². The summed E-state index contributed by atoms with van der Waals surface area (Å²) in [5, 5.41) is 0. The Bertz CT molecular complexity index is 2630. The second kappa shape index (κ2) is 35.1. The molecular weight excluding hydrogens is 1060 g/mol. The third-order valence-corrected chi connectivity index (χ3v) is 22.2. The van der Waals surface area contributed by atoms with Gasteiger partial charge in [0, 0.05) is 16.2 Å². The summed E-state index contributed by atoms with van der Waals surface area (Å²) < 4.78 is 0. The largest absolute Gasteiger partial charge is 0.310 e. The van der Waals surface area contributed by atoms with Crippen LogP contribution in [0, 0.1) is 0 Å². The minimum Gasteiger partial charge on any atom is -0.310 e. The van der Waals surface area contributed by atoms with Crippen molar-refractivity contribution >= 4 is 17.1 Å². The maximum Gasteiger partial charge on any atom is 0.0509 e. The second-order valence-corrected chi connectivity index (χ2v) is 28.4. The molecule has 6 aromatic rings. The molecule has 88 heavy (non-hydrogen) atoms. The first-order valence-corrected chi connectivity index (χ1v) is 38.0. The average Bonchev–Trinajstić information content (AvgIpc) is 1.56. The summed E-state index contributed by atoms with van der Waals surface area (Å²) >= 11 is 0. The van der Waals surface area contributed by atoms with E-state index in [1.807, 2.05) is 0 Å². The molecule has 3 aliphatic rings. The smallest absolute Gasteiger partial charge is 0.0509 e.